The van der Waals surface area contributed by atoms with E-state index >= 15 is 0 Å². The number of carboxylic acids is 1. The number of hydrogen-bond donors (Lipinski definition) is 2. The molecular formula is C16H27NO4. The molecule has 0 unspecified atom stereocenters. The van der Waals surface area contributed by atoms with Crippen molar-refractivity contribution in [1.82, 2.24) is 5.32 Å². The third-order valence-electron chi connectivity index (χ3n) is 4.88. The van der Waals surface area contributed by atoms with Gasteiger partial charge in [0.15, 0.2) is 0 Å². The van der Waals surface area contributed by atoms with Gasteiger partial charge in [-0.1, -0.05) is 32.1 Å². The summed E-state index contributed by atoms with van der Waals surface area (Å²) in [6.07, 6.45) is 9.67. The molecule has 0 radical (unpaired) electrons. The van der Waals surface area contributed by atoms with Gasteiger partial charge in [-0.2, -0.15) is 0 Å². The van der Waals surface area contributed by atoms with Crippen LogP contribution in [0.5, 0.6) is 0 Å². The van der Waals surface area contributed by atoms with E-state index in [1.807, 2.05) is 0 Å². The van der Waals surface area contributed by atoms with Crippen LogP contribution in [0.3, 0.4) is 0 Å². The van der Waals surface area contributed by atoms with Gasteiger partial charge in [0.25, 0.3) is 0 Å². The second-order valence-electron chi connectivity index (χ2n) is 6.44. The van der Waals surface area contributed by atoms with Crippen LogP contribution in [0.1, 0.15) is 64.2 Å². The number of carbonyl (C=O) groups excluding carboxylic acids is 1. The van der Waals surface area contributed by atoms with Gasteiger partial charge in [-0.15, -0.1) is 0 Å². The van der Waals surface area contributed by atoms with Crippen molar-refractivity contribution in [3.63, 3.8) is 0 Å². The Morgan fingerprint density at radius 1 is 1.14 bits per heavy atom. The summed E-state index contributed by atoms with van der Waals surface area (Å²) in [7, 11) is 0. The fourth-order valence-corrected chi connectivity index (χ4v) is 3.47. The molecule has 5 heteroatoms. The molecule has 1 saturated carbocycles. The van der Waals surface area contributed by atoms with Crippen molar-refractivity contribution < 1.29 is 19.4 Å². The monoisotopic (exact) mass is 297 g/mol. The minimum Gasteiger partial charge on any atom is -0.480 e. The van der Waals surface area contributed by atoms with Crippen LogP contribution >= 0.6 is 0 Å². The fourth-order valence-electron chi connectivity index (χ4n) is 3.47. The van der Waals surface area contributed by atoms with Gasteiger partial charge < -0.3 is 15.2 Å². The van der Waals surface area contributed by atoms with E-state index in [1.165, 1.54) is 32.1 Å². The predicted octanol–water partition coefficient (Wildman–Crippen LogP) is 2.49. The number of carboxylic acid groups (broad SMARTS) is 1. The number of hydrogen-bond acceptors (Lipinski definition) is 3. The molecule has 1 aliphatic carbocycles. The maximum Gasteiger partial charge on any atom is 0.329 e. The molecule has 0 aromatic heterocycles. The highest BCUT2D eigenvalue weighted by molar-refractivity contribution is 5.87. The van der Waals surface area contributed by atoms with Gasteiger partial charge in [0.05, 0.1) is 0 Å². The first-order valence-corrected chi connectivity index (χ1v) is 8.24. The molecule has 0 spiro atoms. The molecule has 1 saturated heterocycles. The Bertz CT molecular complexity index is 357. The van der Waals surface area contributed by atoms with Crippen molar-refractivity contribution in [3.8, 4) is 0 Å². The Morgan fingerprint density at radius 2 is 1.81 bits per heavy atom. The lowest BCUT2D eigenvalue weighted by Crippen LogP contribution is -2.57. The summed E-state index contributed by atoms with van der Waals surface area (Å²) < 4.78 is 5.20. The molecule has 1 heterocycles. The van der Waals surface area contributed by atoms with Crippen molar-refractivity contribution in [1.29, 1.82) is 0 Å². The minimum atomic E-state index is -1.11. The van der Waals surface area contributed by atoms with Gasteiger partial charge in [0.2, 0.25) is 5.91 Å². The van der Waals surface area contributed by atoms with Crippen molar-refractivity contribution in [2.75, 3.05) is 13.2 Å². The largest absolute Gasteiger partial charge is 0.480 e. The third kappa shape index (κ3) is 4.70. The molecule has 1 amide bonds. The van der Waals surface area contributed by atoms with Crippen LogP contribution < -0.4 is 5.32 Å². The lowest BCUT2D eigenvalue weighted by molar-refractivity contribution is -0.152. The lowest BCUT2D eigenvalue weighted by atomic mass is 9.85. The quantitative estimate of drug-likeness (QED) is 0.790. The topological polar surface area (TPSA) is 75.6 Å². The van der Waals surface area contributed by atoms with E-state index in [0.29, 0.717) is 32.5 Å². The van der Waals surface area contributed by atoms with Gasteiger partial charge in [-0.05, 0) is 18.8 Å². The first kappa shape index (κ1) is 16.3. The van der Waals surface area contributed by atoms with Crippen LogP contribution in [0.25, 0.3) is 0 Å². The Hall–Kier alpha value is -1.10. The number of aliphatic carboxylic acids is 1. The van der Waals surface area contributed by atoms with E-state index in [2.05, 4.69) is 5.32 Å². The molecule has 2 N–H and O–H groups in total. The second-order valence-corrected chi connectivity index (χ2v) is 6.44. The molecule has 0 bridgehead atoms. The highest BCUT2D eigenvalue weighted by Gasteiger charge is 2.41. The average molecular weight is 297 g/mol. The Kier molecular flexibility index (Phi) is 6.03. The minimum absolute atomic E-state index is 0.130. The normalized spacial score (nSPS) is 22.7. The zero-order valence-electron chi connectivity index (χ0n) is 12.7. The lowest BCUT2D eigenvalue weighted by Gasteiger charge is -2.34. The summed E-state index contributed by atoms with van der Waals surface area (Å²) in [5, 5.41) is 12.1. The maximum atomic E-state index is 12.0. The maximum absolute atomic E-state index is 12.0. The summed E-state index contributed by atoms with van der Waals surface area (Å²) in [5.74, 6) is -0.301. The first-order valence-electron chi connectivity index (χ1n) is 8.24. The number of amides is 1. The van der Waals surface area contributed by atoms with Gasteiger partial charge >= 0.3 is 5.97 Å². The van der Waals surface area contributed by atoms with Crippen LogP contribution in [-0.2, 0) is 14.3 Å². The molecule has 0 aromatic rings. The molecular weight excluding hydrogens is 270 g/mol. The fraction of sp³-hybridized carbons (Fsp3) is 0.875. The standard InChI is InChI=1S/C16H27NO4/c18-14(8-4-7-13-5-2-1-3-6-13)17-16(15(19)20)9-11-21-12-10-16/h13H,1-12H2,(H,17,18)(H,19,20). The summed E-state index contributed by atoms with van der Waals surface area (Å²) >= 11 is 0. The Morgan fingerprint density at radius 3 is 2.43 bits per heavy atom. The highest BCUT2D eigenvalue weighted by Crippen LogP contribution is 2.28. The van der Waals surface area contributed by atoms with Crippen molar-refractivity contribution >= 4 is 11.9 Å². The van der Waals surface area contributed by atoms with Gasteiger partial charge in [0, 0.05) is 32.5 Å². The zero-order chi connectivity index (χ0) is 15.1. The van der Waals surface area contributed by atoms with Crippen molar-refractivity contribution in [3.05, 3.63) is 0 Å². The molecule has 2 rings (SSSR count). The number of rotatable bonds is 6. The average Bonchev–Trinajstić information content (AvgIpc) is 2.49. The molecule has 2 fully saturated rings. The molecule has 2 aliphatic rings. The molecule has 21 heavy (non-hydrogen) atoms. The first-order chi connectivity index (χ1) is 10.1. The Balaban J connectivity index is 1.73. The predicted molar refractivity (Wildman–Crippen MR) is 79.0 cm³/mol. The van der Waals surface area contributed by atoms with Crippen LogP contribution in [-0.4, -0.2) is 35.7 Å². The van der Waals surface area contributed by atoms with Crippen LogP contribution in [0.4, 0.5) is 0 Å². The SMILES string of the molecule is O=C(CCCC1CCCCC1)NC1(C(=O)O)CCOCC1. The molecule has 0 atom stereocenters. The third-order valence-corrected chi connectivity index (χ3v) is 4.88. The smallest absolute Gasteiger partial charge is 0.329 e. The molecule has 120 valence electrons. The number of ether oxygens (including phenoxy) is 1. The van der Waals surface area contributed by atoms with Crippen molar-refractivity contribution in [2.24, 2.45) is 5.92 Å². The van der Waals surface area contributed by atoms with E-state index in [-0.39, 0.29) is 5.91 Å². The molecule has 0 aromatic carbocycles. The van der Waals surface area contributed by atoms with E-state index in [1.54, 1.807) is 0 Å². The summed E-state index contributed by atoms with van der Waals surface area (Å²) in [6.45, 7) is 0.795. The number of carbonyl (C=O) groups is 2. The van der Waals surface area contributed by atoms with Crippen LogP contribution in [0.2, 0.25) is 0 Å². The summed E-state index contributed by atoms with van der Waals surface area (Å²) in [4.78, 5) is 23.5. The van der Waals surface area contributed by atoms with Gasteiger partial charge in [-0.25, -0.2) is 4.79 Å². The molecule has 1 aliphatic heterocycles. The Labute approximate surface area is 126 Å². The van der Waals surface area contributed by atoms with Gasteiger partial charge in [0.1, 0.15) is 5.54 Å². The molecule has 5 nitrogen and oxygen atoms in total. The van der Waals surface area contributed by atoms with E-state index < -0.39 is 11.5 Å². The summed E-state index contributed by atoms with van der Waals surface area (Å²) in [6, 6.07) is 0. The van der Waals surface area contributed by atoms with Gasteiger partial charge in [-0.3, -0.25) is 4.79 Å². The van der Waals surface area contributed by atoms with Crippen molar-refractivity contribution in [2.45, 2.75) is 69.7 Å². The summed E-state index contributed by atoms with van der Waals surface area (Å²) in [5.41, 5.74) is -1.11. The van der Waals surface area contributed by atoms with Crippen LogP contribution in [0, 0.1) is 5.92 Å². The van der Waals surface area contributed by atoms with E-state index in [4.69, 9.17) is 4.74 Å². The number of nitrogens with one attached hydrogen (secondary N) is 1. The highest BCUT2D eigenvalue weighted by atomic mass is 16.5. The van der Waals surface area contributed by atoms with E-state index in [0.717, 1.165) is 18.8 Å². The second kappa shape index (κ2) is 7.78. The van der Waals surface area contributed by atoms with Crippen LogP contribution in [0.15, 0.2) is 0 Å². The van der Waals surface area contributed by atoms with E-state index in [9.17, 15) is 14.7 Å². The zero-order valence-corrected chi connectivity index (χ0v) is 12.7.